The first-order valence-corrected chi connectivity index (χ1v) is 10.4. The molecule has 144 valence electrons. The number of carbonyl (C=O) groups is 1. The van der Waals surface area contributed by atoms with Crippen LogP contribution in [0.4, 0.5) is 0 Å². The van der Waals surface area contributed by atoms with Crippen molar-refractivity contribution < 1.29 is 4.79 Å². The minimum atomic E-state index is 0.150. The van der Waals surface area contributed by atoms with Gasteiger partial charge in [0.2, 0.25) is 5.91 Å². The second-order valence-electron chi connectivity index (χ2n) is 7.06. The molecule has 6 nitrogen and oxygen atoms in total. The quantitative estimate of drug-likeness (QED) is 0.538. The molecular weight excluding hydrogens is 358 g/mol. The molecule has 1 aliphatic rings. The Bertz CT molecular complexity index is 776. The minimum Gasteiger partial charge on any atom is -0.342 e. The number of aromatic nitrogens is 4. The molecule has 2 heterocycles. The van der Waals surface area contributed by atoms with Crippen LogP contribution in [-0.2, 0) is 11.3 Å². The number of pyridine rings is 1. The van der Waals surface area contributed by atoms with Crippen LogP contribution in [0.25, 0.3) is 11.4 Å². The molecule has 0 radical (unpaired) electrons. The number of amides is 1. The lowest BCUT2D eigenvalue weighted by Crippen LogP contribution is -2.43. The maximum absolute atomic E-state index is 12.7. The number of allylic oxidation sites excluding steroid dienone is 1. The van der Waals surface area contributed by atoms with Crippen molar-refractivity contribution in [1.29, 1.82) is 0 Å². The van der Waals surface area contributed by atoms with Gasteiger partial charge in [0, 0.05) is 37.6 Å². The molecule has 1 fully saturated rings. The zero-order chi connectivity index (χ0) is 19.2. The second-order valence-corrected chi connectivity index (χ2v) is 8.01. The zero-order valence-corrected chi connectivity index (χ0v) is 16.9. The van der Waals surface area contributed by atoms with Crippen molar-refractivity contribution in [2.75, 3.05) is 12.8 Å². The lowest BCUT2D eigenvalue weighted by molar-refractivity contribution is -0.130. The van der Waals surface area contributed by atoms with Crippen LogP contribution in [-0.4, -0.2) is 49.4 Å². The molecule has 1 amide bonds. The lowest BCUT2D eigenvalue weighted by Gasteiger charge is -2.36. The first-order valence-electron chi connectivity index (χ1n) is 9.44. The first-order chi connectivity index (χ1) is 13.1. The van der Waals surface area contributed by atoms with E-state index < -0.39 is 0 Å². The molecule has 2 unspecified atom stereocenters. The van der Waals surface area contributed by atoms with Crippen molar-refractivity contribution in [3.63, 3.8) is 0 Å². The molecule has 0 aliphatic heterocycles. The van der Waals surface area contributed by atoms with E-state index in [0.717, 1.165) is 23.0 Å². The van der Waals surface area contributed by atoms with Gasteiger partial charge in [-0.15, -0.1) is 16.8 Å². The number of hydrogen-bond donors (Lipinski definition) is 0. The van der Waals surface area contributed by atoms with E-state index in [-0.39, 0.29) is 5.91 Å². The van der Waals surface area contributed by atoms with Gasteiger partial charge in [0.15, 0.2) is 11.0 Å². The first kappa shape index (κ1) is 19.6. The van der Waals surface area contributed by atoms with Gasteiger partial charge in [-0.2, -0.15) is 0 Å². The Kier molecular flexibility index (Phi) is 6.66. The average molecular weight is 386 g/mol. The maximum Gasteiger partial charge on any atom is 0.233 e. The highest BCUT2D eigenvalue weighted by Crippen LogP contribution is 2.29. The van der Waals surface area contributed by atoms with Gasteiger partial charge in [-0.3, -0.25) is 14.3 Å². The number of rotatable bonds is 7. The molecule has 27 heavy (non-hydrogen) atoms. The standard InChI is InChI=1S/C20H27N5OS/c1-4-13-25-19(16-9-11-21-12-10-16)22-23-20(25)27-14-18(26)24(3)17-8-6-5-7-15(17)2/h4,9-12,15,17H,1,5-8,13-14H2,2-3H3. The Morgan fingerprint density at radius 2 is 2.07 bits per heavy atom. The van der Waals surface area contributed by atoms with Crippen LogP contribution in [0.1, 0.15) is 32.6 Å². The number of hydrogen-bond acceptors (Lipinski definition) is 5. The van der Waals surface area contributed by atoms with Crippen LogP contribution in [0.2, 0.25) is 0 Å². The fourth-order valence-corrected chi connectivity index (χ4v) is 4.56. The van der Waals surface area contributed by atoms with Crippen LogP contribution >= 0.6 is 11.8 Å². The van der Waals surface area contributed by atoms with Crippen molar-refractivity contribution in [3.8, 4) is 11.4 Å². The van der Waals surface area contributed by atoms with Gasteiger partial charge in [-0.05, 0) is 30.9 Å². The number of nitrogens with zero attached hydrogens (tertiary/aromatic N) is 5. The summed E-state index contributed by atoms with van der Waals surface area (Å²) in [7, 11) is 1.94. The summed E-state index contributed by atoms with van der Waals surface area (Å²) >= 11 is 1.44. The SMILES string of the molecule is C=CCn1c(SCC(=O)N(C)C2CCCCC2C)nnc1-c1ccncc1. The molecular formula is C20H27N5OS. The van der Waals surface area contributed by atoms with Crippen molar-refractivity contribution in [2.24, 2.45) is 5.92 Å². The summed E-state index contributed by atoms with van der Waals surface area (Å²) in [5, 5.41) is 9.36. The minimum absolute atomic E-state index is 0.150. The summed E-state index contributed by atoms with van der Waals surface area (Å²) in [5.74, 6) is 1.85. The molecule has 2 aromatic heterocycles. The largest absolute Gasteiger partial charge is 0.342 e. The summed E-state index contributed by atoms with van der Waals surface area (Å²) in [6, 6.07) is 4.16. The maximum atomic E-state index is 12.7. The van der Waals surface area contributed by atoms with Crippen molar-refractivity contribution >= 4 is 17.7 Å². The van der Waals surface area contributed by atoms with Gasteiger partial charge in [-0.25, -0.2) is 0 Å². The Morgan fingerprint density at radius 1 is 1.33 bits per heavy atom. The number of carbonyl (C=O) groups excluding carboxylic acids is 1. The van der Waals surface area contributed by atoms with Crippen LogP contribution in [0.3, 0.4) is 0 Å². The van der Waals surface area contributed by atoms with Gasteiger partial charge >= 0.3 is 0 Å². The van der Waals surface area contributed by atoms with Gasteiger partial charge in [0.25, 0.3) is 0 Å². The third-order valence-electron chi connectivity index (χ3n) is 5.25. The number of thioether (sulfide) groups is 1. The molecule has 2 atom stereocenters. The van der Waals surface area contributed by atoms with Gasteiger partial charge < -0.3 is 4.90 Å². The van der Waals surface area contributed by atoms with E-state index in [1.807, 2.05) is 34.7 Å². The molecule has 0 spiro atoms. The highest BCUT2D eigenvalue weighted by molar-refractivity contribution is 7.99. The third kappa shape index (κ3) is 4.58. The molecule has 1 aliphatic carbocycles. The highest BCUT2D eigenvalue weighted by Gasteiger charge is 2.28. The van der Waals surface area contributed by atoms with Crippen molar-refractivity contribution in [1.82, 2.24) is 24.6 Å². The smallest absolute Gasteiger partial charge is 0.233 e. The van der Waals surface area contributed by atoms with Crippen LogP contribution < -0.4 is 0 Å². The van der Waals surface area contributed by atoms with Crippen molar-refractivity contribution in [3.05, 3.63) is 37.2 Å². The monoisotopic (exact) mass is 385 g/mol. The van der Waals surface area contributed by atoms with E-state index in [2.05, 4.69) is 28.7 Å². The third-order valence-corrected chi connectivity index (χ3v) is 6.20. The fourth-order valence-electron chi connectivity index (χ4n) is 3.69. The normalized spacial score (nSPS) is 19.6. The van der Waals surface area contributed by atoms with Gasteiger partial charge in [0.1, 0.15) is 0 Å². The molecule has 7 heteroatoms. The summed E-state index contributed by atoms with van der Waals surface area (Å²) in [4.78, 5) is 18.7. The van der Waals surface area contributed by atoms with E-state index in [1.54, 1.807) is 12.4 Å². The van der Waals surface area contributed by atoms with Gasteiger partial charge in [-0.1, -0.05) is 37.6 Å². The summed E-state index contributed by atoms with van der Waals surface area (Å²) < 4.78 is 1.99. The Balaban J connectivity index is 1.69. The van der Waals surface area contributed by atoms with E-state index in [1.165, 1.54) is 31.0 Å². The van der Waals surface area contributed by atoms with Crippen LogP contribution in [0.5, 0.6) is 0 Å². The molecule has 0 N–H and O–H groups in total. The molecule has 1 saturated carbocycles. The topological polar surface area (TPSA) is 63.9 Å². The van der Waals surface area contributed by atoms with E-state index in [4.69, 9.17) is 0 Å². The van der Waals surface area contributed by atoms with E-state index in [9.17, 15) is 4.79 Å². The van der Waals surface area contributed by atoms with Crippen LogP contribution in [0, 0.1) is 5.92 Å². The molecule has 2 aromatic rings. The van der Waals surface area contributed by atoms with Crippen LogP contribution in [0.15, 0.2) is 42.3 Å². The lowest BCUT2D eigenvalue weighted by atomic mass is 9.85. The summed E-state index contributed by atoms with van der Waals surface area (Å²) in [6.45, 7) is 6.68. The fraction of sp³-hybridized carbons (Fsp3) is 0.500. The molecule has 0 saturated heterocycles. The Hall–Kier alpha value is -2.15. The summed E-state index contributed by atoms with van der Waals surface area (Å²) in [6.07, 6.45) is 10.1. The predicted octanol–water partition coefficient (Wildman–Crippen LogP) is 3.66. The molecule has 0 bridgehead atoms. The van der Waals surface area contributed by atoms with E-state index in [0.29, 0.717) is 24.3 Å². The van der Waals surface area contributed by atoms with Crippen molar-refractivity contribution in [2.45, 2.75) is 50.4 Å². The van der Waals surface area contributed by atoms with Gasteiger partial charge in [0.05, 0.1) is 5.75 Å². The Labute approximate surface area is 165 Å². The second kappa shape index (κ2) is 9.17. The molecule has 3 rings (SSSR count). The summed E-state index contributed by atoms with van der Waals surface area (Å²) in [5.41, 5.74) is 0.950. The van der Waals surface area contributed by atoms with E-state index >= 15 is 0 Å². The Morgan fingerprint density at radius 3 is 2.78 bits per heavy atom. The molecule has 0 aromatic carbocycles. The predicted molar refractivity (Wildman–Crippen MR) is 108 cm³/mol. The zero-order valence-electron chi connectivity index (χ0n) is 16.0. The average Bonchev–Trinajstić information content (AvgIpc) is 3.09. The highest BCUT2D eigenvalue weighted by atomic mass is 32.2.